The molecule has 2 fully saturated rings. The van der Waals surface area contributed by atoms with Gasteiger partial charge >= 0.3 is 6.03 Å². The van der Waals surface area contributed by atoms with Crippen LogP contribution in [-0.4, -0.2) is 55.6 Å². The largest absolute Gasteiger partial charge is 0.334 e. The highest BCUT2D eigenvalue weighted by Crippen LogP contribution is 2.28. The molecule has 1 atom stereocenters. The molecule has 3 N–H and O–H groups in total. The van der Waals surface area contributed by atoms with Gasteiger partial charge in [-0.3, -0.25) is 15.0 Å². The number of hydrogen-bond donors (Lipinski definition) is 3. The highest BCUT2D eigenvalue weighted by atomic mass is 16.2. The molecular weight excluding hydrogens is 268 g/mol. The van der Waals surface area contributed by atoms with Crippen LogP contribution in [0, 0.1) is 5.92 Å². The van der Waals surface area contributed by atoms with E-state index in [4.69, 9.17) is 0 Å². The van der Waals surface area contributed by atoms with Crippen molar-refractivity contribution >= 4 is 11.9 Å². The van der Waals surface area contributed by atoms with Gasteiger partial charge in [-0.25, -0.2) is 4.79 Å². The third-order valence-electron chi connectivity index (χ3n) is 3.96. The third-order valence-corrected chi connectivity index (χ3v) is 3.96. The van der Waals surface area contributed by atoms with Crippen molar-refractivity contribution in [3.05, 3.63) is 12.7 Å². The predicted molar refractivity (Wildman–Crippen MR) is 81.9 cm³/mol. The first-order valence-corrected chi connectivity index (χ1v) is 7.82. The number of carbonyl (C=O) groups excluding carboxylic acids is 2. The number of urea groups is 1. The molecule has 118 valence electrons. The Kier molecular flexibility index (Phi) is 6.20. The number of rotatable bonds is 7. The number of amides is 3. The molecule has 2 aliphatic rings. The summed E-state index contributed by atoms with van der Waals surface area (Å²) < 4.78 is 0. The van der Waals surface area contributed by atoms with Crippen LogP contribution in [0.1, 0.15) is 25.7 Å². The van der Waals surface area contributed by atoms with Gasteiger partial charge < -0.3 is 10.6 Å². The fraction of sp³-hybridized carbons (Fsp3) is 0.733. The molecule has 3 amide bonds. The number of piperidine rings is 1. The Morgan fingerprint density at radius 3 is 2.76 bits per heavy atom. The topological polar surface area (TPSA) is 73.5 Å². The Hall–Kier alpha value is -1.40. The summed E-state index contributed by atoms with van der Waals surface area (Å²) in [7, 11) is 0. The molecule has 1 saturated carbocycles. The summed E-state index contributed by atoms with van der Waals surface area (Å²) in [6, 6.07) is 0.0730. The van der Waals surface area contributed by atoms with E-state index in [1.165, 1.54) is 12.8 Å². The summed E-state index contributed by atoms with van der Waals surface area (Å²) in [4.78, 5) is 25.6. The van der Waals surface area contributed by atoms with E-state index in [9.17, 15) is 9.59 Å². The van der Waals surface area contributed by atoms with Gasteiger partial charge in [0.15, 0.2) is 0 Å². The summed E-state index contributed by atoms with van der Waals surface area (Å²) in [5, 5.41) is 8.32. The Balaban J connectivity index is 1.74. The van der Waals surface area contributed by atoms with Crippen LogP contribution >= 0.6 is 0 Å². The maximum Gasteiger partial charge on any atom is 0.321 e. The molecule has 6 nitrogen and oxygen atoms in total. The van der Waals surface area contributed by atoms with E-state index in [1.54, 1.807) is 6.08 Å². The van der Waals surface area contributed by atoms with Gasteiger partial charge in [0.2, 0.25) is 5.91 Å². The van der Waals surface area contributed by atoms with Crippen LogP contribution in [0.3, 0.4) is 0 Å². The molecule has 1 heterocycles. The fourth-order valence-corrected chi connectivity index (χ4v) is 2.75. The summed E-state index contributed by atoms with van der Waals surface area (Å²) in [6.07, 6.45) is 6.33. The molecule has 0 aromatic rings. The lowest BCUT2D eigenvalue weighted by Gasteiger charge is -2.29. The van der Waals surface area contributed by atoms with E-state index in [0.717, 1.165) is 32.5 Å². The first kappa shape index (κ1) is 16.0. The van der Waals surface area contributed by atoms with Gasteiger partial charge in [0.05, 0.1) is 6.54 Å². The molecule has 0 aromatic heterocycles. The minimum absolute atomic E-state index is 0.229. The van der Waals surface area contributed by atoms with Crippen molar-refractivity contribution in [2.24, 2.45) is 5.92 Å². The quantitative estimate of drug-likeness (QED) is 0.597. The lowest BCUT2D eigenvalue weighted by Crippen LogP contribution is -2.47. The zero-order valence-corrected chi connectivity index (χ0v) is 12.6. The molecule has 21 heavy (non-hydrogen) atoms. The van der Waals surface area contributed by atoms with Crippen LogP contribution in [-0.2, 0) is 4.79 Å². The van der Waals surface area contributed by atoms with Crippen molar-refractivity contribution in [1.82, 2.24) is 20.9 Å². The number of carbonyl (C=O) groups is 2. The molecule has 1 saturated heterocycles. The van der Waals surface area contributed by atoms with Gasteiger partial charge in [-0.15, -0.1) is 6.58 Å². The van der Waals surface area contributed by atoms with E-state index in [2.05, 4.69) is 27.4 Å². The number of nitrogens with one attached hydrogen (secondary N) is 3. The molecule has 1 unspecified atom stereocenters. The van der Waals surface area contributed by atoms with Crippen LogP contribution in [0.5, 0.6) is 0 Å². The Morgan fingerprint density at radius 2 is 2.14 bits per heavy atom. The van der Waals surface area contributed by atoms with E-state index in [1.807, 2.05) is 0 Å². The number of imide groups is 1. The van der Waals surface area contributed by atoms with Crippen LogP contribution in [0.2, 0.25) is 0 Å². The molecule has 1 aliphatic heterocycles. The van der Waals surface area contributed by atoms with Crippen LogP contribution in [0.4, 0.5) is 4.79 Å². The highest BCUT2D eigenvalue weighted by molar-refractivity contribution is 5.95. The standard InChI is InChI=1S/C15H26N4O2/c1-2-7-17-15(21)18-14(20)11-19(13-5-6-13)10-12-4-3-8-16-9-12/h2,12-13,16H,1,3-11H2,(H2,17,18,20,21). The SMILES string of the molecule is C=CCNC(=O)NC(=O)CN(CC1CCCNC1)C1CC1. The minimum atomic E-state index is -0.449. The Morgan fingerprint density at radius 1 is 1.33 bits per heavy atom. The van der Waals surface area contributed by atoms with Crippen molar-refractivity contribution in [2.45, 2.75) is 31.7 Å². The van der Waals surface area contributed by atoms with Crippen molar-refractivity contribution < 1.29 is 9.59 Å². The van der Waals surface area contributed by atoms with Crippen molar-refractivity contribution in [3.63, 3.8) is 0 Å². The van der Waals surface area contributed by atoms with Crippen molar-refractivity contribution in [2.75, 3.05) is 32.7 Å². The van der Waals surface area contributed by atoms with Gasteiger partial charge in [0.25, 0.3) is 0 Å². The monoisotopic (exact) mass is 294 g/mol. The molecule has 0 aromatic carbocycles. The lowest BCUT2D eigenvalue weighted by molar-refractivity contribution is -0.121. The Bertz CT molecular complexity index is 376. The molecule has 0 radical (unpaired) electrons. The predicted octanol–water partition coefficient (Wildman–Crippen LogP) is 0.462. The van der Waals surface area contributed by atoms with E-state index < -0.39 is 6.03 Å². The first-order valence-electron chi connectivity index (χ1n) is 7.82. The van der Waals surface area contributed by atoms with E-state index in [-0.39, 0.29) is 5.91 Å². The van der Waals surface area contributed by atoms with Crippen molar-refractivity contribution in [3.8, 4) is 0 Å². The molecular formula is C15H26N4O2. The third kappa shape index (κ3) is 5.85. The van der Waals surface area contributed by atoms with Crippen molar-refractivity contribution in [1.29, 1.82) is 0 Å². The van der Waals surface area contributed by atoms with E-state index in [0.29, 0.717) is 25.0 Å². The number of hydrogen-bond acceptors (Lipinski definition) is 4. The molecule has 0 bridgehead atoms. The summed E-state index contributed by atoms with van der Waals surface area (Å²) in [5.74, 6) is 0.383. The maximum atomic E-state index is 11.9. The smallest absolute Gasteiger partial charge is 0.321 e. The highest BCUT2D eigenvalue weighted by Gasteiger charge is 2.32. The average molecular weight is 294 g/mol. The second kappa shape index (κ2) is 8.14. The minimum Gasteiger partial charge on any atom is -0.334 e. The van der Waals surface area contributed by atoms with Gasteiger partial charge in [0.1, 0.15) is 0 Å². The fourth-order valence-electron chi connectivity index (χ4n) is 2.75. The van der Waals surface area contributed by atoms with Gasteiger partial charge in [-0.05, 0) is 44.7 Å². The van der Waals surface area contributed by atoms with Crippen LogP contribution < -0.4 is 16.0 Å². The molecule has 2 rings (SSSR count). The molecule has 0 spiro atoms. The van der Waals surface area contributed by atoms with E-state index >= 15 is 0 Å². The normalized spacial score (nSPS) is 21.9. The summed E-state index contributed by atoms with van der Waals surface area (Å²) >= 11 is 0. The van der Waals surface area contributed by atoms with Crippen LogP contribution in [0.15, 0.2) is 12.7 Å². The molecule has 1 aliphatic carbocycles. The zero-order chi connectivity index (χ0) is 15.1. The number of nitrogens with zero attached hydrogens (tertiary/aromatic N) is 1. The Labute approximate surface area is 126 Å². The zero-order valence-electron chi connectivity index (χ0n) is 12.6. The van der Waals surface area contributed by atoms with Gasteiger partial charge in [-0.2, -0.15) is 0 Å². The van der Waals surface area contributed by atoms with Crippen LogP contribution in [0.25, 0.3) is 0 Å². The van der Waals surface area contributed by atoms with Gasteiger partial charge in [0, 0.05) is 19.1 Å². The second-order valence-electron chi connectivity index (χ2n) is 5.92. The molecule has 6 heteroatoms. The first-order chi connectivity index (χ1) is 10.2. The lowest BCUT2D eigenvalue weighted by atomic mass is 9.99. The summed E-state index contributed by atoms with van der Waals surface area (Å²) in [5.41, 5.74) is 0. The maximum absolute atomic E-state index is 11.9. The van der Waals surface area contributed by atoms with Gasteiger partial charge in [-0.1, -0.05) is 6.08 Å². The summed E-state index contributed by atoms with van der Waals surface area (Å²) in [6.45, 7) is 7.26. The average Bonchev–Trinajstić information content (AvgIpc) is 3.30. The second-order valence-corrected chi connectivity index (χ2v) is 5.92.